The maximum Gasteiger partial charge on any atom is 0.253 e. The summed E-state index contributed by atoms with van der Waals surface area (Å²) >= 11 is 0. The standard InChI is InChI=1S/C18H20N2O/c1-19-10-12-20(13-11-19)18(21)17-9-5-8-16(14-17)15-6-3-2-4-7-15/h2-9,14H,10-13H2,1H3. The van der Waals surface area contributed by atoms with Crippen LogP contribution < -0.4 is 0 Å². The fraction of sp³-hybridized carbons (Fsp3) is 0.278. The smallest absolute Gasteiger partial charge is 0.253 e. The third kappa shape index (κ3) is 3.14. The van der Waals surface area contributed by atoms with Crippen molar-refractivity contribution in [2.75, 3.05) is 33.2 Å². The molecular weight excluding hydrogens is 260 g/mol. The molecule has 0 bridgehead atoms. The van der Waals surface area contributed by atoms with Crippen LogP contribution in [0.3, 0.4) is 0 Å². The SMILES string of the molecule is CN1CCN(C(=O)c2cccc(-c3ccccc3)c2)CC1. The Balaban J connectivity index is 1.81. The predicted octanol–water partition coefficient (Wildman–Crippen LogP) is 2.74. The van der Waals surface area contributed by atoms with Gasteiger partial charge in [-0.15, -0.1) is 0 Å². The van der Waals surface area contributed by atoms with E-state index in [1.807, 2.05) is 41.3 Å². The summed E-state index contributed by atoms with van der Waals surface area (Å²) < 4.78 is 0. The molecule has 1 amide bonds. The first kappa shape index (κ1) is 13.8. The number of hydrogen-bond acceptors (Lipinski definition) is 2. The molecule has 0 spiro atoms. The average Bonchev–Trinajstić information content (AvgIpc) is 2.56. The number of rotatable bonds is 2. The number of amides is 1. The number of carbonyl (C=O) groups is 1. The van der Waals surface area contributed by atoms with Crippen LogP contribution in [0.4, 0.5) is 0 Å². The molecule has 3 nitrogen and oxygen atoms in total. The summed E-state index contributed by atoms with van der Waals surface area (Å²) in [6.07, 6.45) is 0. The number of hydrogen-bond donors (Lipinski definition) is 0. The zero-order valence-electron chi connectivity index (χ0n) is 12.3. The summed E-state index contributed by atoms with van der Waals surface area (Å²) in [5, 5.41) is 0. The fourth-order valence-corrected chi connectivity index (χ4v) is 2.65. The van der Waals surface area contributed by atoms with Crippen molar-refractivity contribution in [3.8, 4) is 11.1 Å². The van der Waals surface area contributed by atoms with Crippen LogP contribution in [0.25, 0.3) is 11.1 Å². The molecule has 108 valence electrons. The molecule has 0 atom stereocenters. The van der Waals surface area contributed by atoms with E-state index >= 15 is 0 Å². The van der Waals surface area contributed by atoms with Crippen molar-refractivity contribution < 1.29 is 4.79 Å². The summed E-state index contributed by atoms with van der Waals surface area (Å²) in [4.78, 5) is 16.8. The third-order valence-electron chi connectivity index (χ3n) is 4.01. The highest BCUT2D eigenvalue weighted by Crippen LogP contribution is 2.21. The maximum atomic E-state index is 12.6. The lowest BCUT2D eigenvalue weighted by molar-refractivity contribution is 0.0664. The Labute approximate surface area is 125 Å². The molecule has 1 aliphatic heterocycles. The molecule has 1 saturated heterocycles. The van der Waals surface area contributed by atoms with Crippen LogP contribution in [0.2, 0.25) is 0 Å². The van der Waals surface area contributed by atoms with Crippen molar-refractivity contribution in [1.29, 1.82) is 0 Å². The van der Waals surface area contributed by atoms with Gasteiger partial charge in [-0.2, -0.15) is 0 Å². The Bertz CT molecular complexity index is 616. The van der Waals surface area contributed by atoms with Gasteiger partial charge in [0.2, 0.25) is 0 Å². The molecule has 0 radical (unpaired) electrons. The van der Waals surface area contributed by atoms with Gasteiger partial charge in [0, 0.05) is 31.7 Å². The Morgan fingerprint density at radius 1 is 0.857 bits per heavy atom. The Kier molecular flexibility index (Phi) is 4.02. The second kappa shape index (κ2) is 6.10. The second-order valence-electron chi connectivity index (χ2n) is 5.54. The first-order valence-corrected chi connectivity index (χ1v) is 7.37. The molecule has 2 aromatic carbocycles. The van der Waals surface area contributed by atoms with E-state index < -0.39 is 0 Å². The van der Waals surface area contributed by atoms with E-state index in [2.05, 4.69) is 30.1 Å². The normalized spacial score (nSPS) is 16.0. The van der Waals surface area contributed by atoms with Crippen LogP contribution in [0.5, 0.6) is 0 Å². The van der Waals surface area contributed by atoms with Gasteiger partial charge in [-0.05, 0) is 30.3 Å². The predicted molar refractivity (Wildman–Crippen MR) is 85.3 cm³/mol. The van der Waals surface area contributed by atoms with Crippen molar-refractivity contribution in [2.24, 2.45) is 0 Å². The molecule has 1 aliphatic rings. The molecule has 0 unspecified atom stereocenters. The summed E-state index contributed by atoms with van der Waals surface area (Å²) in [7, 11) is 2.10. The largest absolute Gasteiger partial charge is 0.336 e. The van der Waals surface area contributed by atoms with Crippen molar-refractivity contribution in [3.05, 3.63) is 60.2 Å². The summed E-state index contributed by atoms with van der Waals surface area (Å²) in [5.74, 6) is 0.140. The molecule has 0 aromatic heterocycles. The second-order valence-corrected chi connectivity index (χ2v) is 5.54. The van der Waals surface area contributed by atoms with E-state index in [4.69, 9.17) is 0 Å². The number of piperazine rings is 1. The van der Waals surface area contributed by atoms with Gasteiger partial charge in [-0.25, -0.2) is 0 Å². The Morgan fingerprint density at radius 3 is 2.24 bits per heavy atom. The minimum absolute atomic E-state index is 0.140. The van der Waals surface area contributed by atoms with Crippen LogP contribution in [0.15, 0.2) is 54.6 Å². The summed E-state index contributed by atoms with van der Waals surface area (Å²) in [6.45, 7) is 3.52. The van der Waals surface area contributed by atoms with Gasteiger partial charge in [-0.1, -0.05) is 42.5 Å². The van der Waals surface area contributed by atoms with Gasteiger partial charge in [0.25, 0.3) is 5.91 Å². The van der Waals surface area contributed by atoms with Crippen LogP contribution in [0.1, 0.15) is 10.4 Å². The van der Waals surface area contributed by atoms with Crippen molar-refractivity contribution in [2.45, 2.75) is 0 Å². The van der Waals surface area contributed by atoms with E-state index in [1.54, 1.807) is 0 Å². The Morgan fingerprint density at radius 2 is 1.52 bits per heavy atom. The molecule has 21 heavy (non-hydrogen) atoms. The lowest BCUT2D eigenvalue weighted by Crippen LogP contribution is -2.47. The maximum absolute atomic E-state index is 12.6. The van der Waals surface area contributed by atoms with Crippen molar-refractivity contribution in [1.82, 2.24) is 9.80 Å². The Hall–Kier alpha value is -2.13. The molecule has 3 rings (SSSR count). The van der Waals surface area contributed by atoms with Crippen LogP contribution in [-0.2, 0) is 0 Å². The first-order chi connectivity index (χ1) is 10.2. The van der Waals surface area contributed by atoms with E-state index in [9.17, 15) is 4.79 Å². The van der Waals surface area contributed by atoms with Crippen molar-refractivity contribution in [3.63, 3.8) is 0 Å². The topological polar surface area (TPSA) is 23.6 Å². The van der Waals surface area contributed by atoms with Gasteiger partial charge in [-0.3, -0.25) is 4.79 Å². The lowest BCUT2D eigenvalue weighted by Gasteiger charge is -2.32. The molecule has 1 fully saturated rings. The molecule has 0 N–H and O–H groups in total. The molecule has 3 heteroatoms. The van der Waals surface area contributed by atoms with Crippen LogP contribution in [0, 0.1) is 0 Å². The van der Waals surface area contributed by atoms with Crippen LogP contribution >= 0.6 is 0 Å². The van der Waals surface area contributed by atoms with Gasteiger partial charge in [0.05, 0.1) is 0 Å². The van der Waals surface area contributed by atoms with E-state index in [-0.39, 0.29) is 5.91 Å². The van der Waals surface area contributed by atoms with Gasteiger partial charge < -0.3 is 9.80 Å². The minimum Gasteiger partial charge on any atom is -0.336 e. The number of benzene rings is 2. The molecule has 0 aliphatic carbocycles. The monoisotopic (exact) mass is 280 g/mol. The highest BCUT2D eigenvalue weighted by Gasteiger charge is 2.20. The fourth-order valence-electron chi connectivity index (χ4n) is 2.65. The summed E-state index contributed by atoms with van der Waals surface area (Å²) in [6, 6.07) is 18.1. The molecular formula is C18H20N2O. The summed E-state index contributed by atoms with van der Waals surface area (Å²) in [5.41, 5.74) is 3.02. The highest BCUT2D eigenvalue weighted by atomic mass is 16.2. The average molecular weight is 280 g/mol. The van der Waals surface area contributed by atoms with E-state index in [1.165, 1.54) is 0 Å². The minimum atomic E-state index is 0.140. The highest BCUT2D eigenvalue weighted by molar-refractivity contribution is 5.95. The van der Waals surface area contributed by atoms with Crippen LogP contribution in [-0.4, -0.2) is 48.9 Å². The molecule has 1 heterocycles. The lowest BCUT2D eigenvalue weighted by atomic mass is 10.0. The number of nitrogens with zero attached hydrogens (tertiary/aromatic N) is 2. The molecule has 0 saturated carbocycles. The van der Waals surface area contributed by atoms with Crippen molar-refractivity contribution >= 4 is 5.91 Å². The number of likely N-dealkylation sites (N-methyl/N-ethyl adjacent to an activating group) is 1. The first-order valence-electron chi connectivity index (χ1n) is 7.37. The van der Waals surface area contributed by atoms with Gasteiger partial charge in [0.1, 0.15) is 0 Å². The molecule has 2 aromatic rings. The van der Waals surface area contributed by atoms with E-state index in [0.29, 0.717) is 0 Å². The third-order valence-corrected chi connectivity index (χ3v) is 4.01. The quantitative estimate of drug-likeness (QED) is 0.844. The van der Waals surface area contributed by atoms with Gasteiger partial charge in [0.15, 0.2) is 0 Å². The van der Waals surface area contributed by atoms with Gasteiger partial charge >= 0.3 is 0 Å². The number of carbonyl (C=O) groups excluding carboxylic acids is 1. The van der Waals surface area contributed by atoms with E-state index in [0.717, 1.165) is 42.9 Å². The zero-order valence-corrected chi connectivity index (χ0v) is 12.3. The zero-order chi connectivity index (χ0) is 14.7.